The third-order valence-electron chi connectivity index (χ3n) is 4.85. The van der Waals surface area contributed by atoms with Crippen LogP contribution in [0.15, 0.2) is 18.2 Å². The number of aliphatic hydroxyl groups is 2. The van der Waals surface area contributed by atoms with Crippen LogP contribution < -0.4 is 16.9 Å². The van der Waals surface area contributed by atoms with Gasteiger partial charge in [0.05, 0.1) is 5.92 Å². The summed E-state index contributed by atoms with van der Waals surface area (Å²) in [5, 5.41) is 28.0. The first-order chi connectivity index (χ1) is 13.6. The number of carbonyl (C=O) groups excluding carboxylic acids is 2. The molecule has 0 spiro atoms. The average molecular weight is 399 g/mol. The molecule has 4 atom stereocenters. The number of aliphatic hydroxyl groups excluding tert-OH is 2. The standard InChI is InChI=1S/C21H25N3O5/c1-21(2,23)18(20(28)24-29)16-9-12(7-8-14(16)19(22)27)5-3-4-6-17(26)15-10-13(15)11-25/h7-9,13,15,17-18,25-26,29H,10-11,23H2,1-2H3,(H2,22,27)(H,24,28)/t13?,15?,17?,18-/m1/s1. The lowest BCUT2D eigenvalue weighted by Crippen LogP contribution is -2.47. The highest BCUT2D eigenvalue weighted by molar-refractivity contribution is 5.97. The maximum Gasteiger partial charge on any atom is 0.252 e. The Morgan fingerprint density at radius 3 is 2.55 bits per heavy atom. The van der Waals surface area contributed by atoms with Crippen LogP contribution in [0, 0.1) is 35.5 Å². The van der Waals surface area contributed by atoms with Gasteiger partial charge >= 0.3 is 0 Å². The number of amides is 2. The number of hydrogen-bond acceptors (Lipinski definition) is 6. The summed E-state index contributed by atoms with van der Waals surface area (Å²) < 4.78 is 0. The monoisotopic (exact) mass is 399 g/mol. The van der Waals surface area contributed by atoms with Crippen molar-refractivity contribution in [2.75, 3.05) is 6.61 Å². The van der Waals surface area contributed by atoms with Crippen molar-refractivity contribution >= 4 is 11.8 Å². The summed E-state index contributed by atoms with van der Waals surface area (Å²) in [7, 11) is 0. The van der Waals surface area contributed by atoms with Crippen molar-refractivity contribution in [3.63, 3.8) is 0 Å². The van der Waals surface area contributed by atoms with Crippen LogP contribution in [-0.4, -0.2) is 45.5 Å². The van der Waals surface area contributed by atoms with E-state index in [4.69, 9.17) is 21.8 Å². The maximum atomic E-state index is 12.2. The molecular weight excluding hydrogens is 374 g/mol. The number of benzene rings is 1. The molecule has 1 aliphatic carbocycles. The zero-order chi connectivity index (χ0) is 21.8. The fourth-order valence-electron chi connectivity index (χ4n) is 3.24. The van der Waals surface area contributed by atoms with E-state index in [0.29, 0.717) is 5.56 Å². The smallest absolute Gasteiger partial charge is 0.252 e. The van der Waals surface area contributed by atoms with Gasteiger partial charge in [0, 0.05) is 29.2 Å². The van der Waals surface area contributed by atoms with Crippen LogP contribution >= 0.6 is 0 Å². The normalized spacial score (nSPS) is 19.7. The number of hydroxylamine groups is 1. The molecule has 8 N–H and O–H groups in total. The first-order valence-corrected chi connectivity index (χ1v) is 9.07. The van der Waals surface area contributed by atoms with E-state index in [0.717, 1.165) is 6.42 Å². The predicted molar refractivity (Wildman–Crippen MR) is 105 cm³/mol. The lowest BCUT2D eigenvalue weighted by molar-refractivity contribution is -0.132. The second-order valence-electron chi connectivity index (χ2n) is 7.70. The van der Waals surface area contributed by atoms with Gasteiger partial charge in [-0.1, -0.05) is 11.8 Å². The molecule has 0 aliphatic heterocycles. The molecule has 0 saturated heterocycles. The SMILES string of the molecule is CC(C)(N)[C@@H](C(=O)NO)c1cc(C#CC#CC(O)C2CC2CO)ccc1C(N)=O. The van der Waals surface area contributed by atoms with Gasteiger partial charge < -0.3 is 21.7 Å². The maximum absolute atomic E-state index is 12.2. The summed E-state index contributed by atoms with van der Waals surface area (Å²) in [6.45, 7) is 3.20. The molecule has 3 unspecified atom stereocenters. The van der Waals surface area contributed by atoms with Gasteiger partial charge in [0.25, 0.3) is 5.91 Å². The van der Waals surface area contributed by atoms with E-state index in [1.54, 1.807) is 25.4 Å². The zero-order valence-electron chi connectivity index (χ0n) is 16.3. The highest BCUT2D eigenvalue weighted by Crippen LogP contribution is 2.40. The molecule has 8 nitrogen and oxygen atoms in total. The molecular formula is C21H25N3O5. The minimum absolute atomic E-state index is 0.0275. The molecule has 1 aliphatic rings. The Hall–Kier alpha value is -2.88. The minimum atomic E-state index is -1.11. The molecule has 29 heavy (non-hydrogen) atoms. The number of nitrogens with one attached hydrogen (secondary N) is 1. The predicted octanol–water partition coefficient (Wildman–Crippen LogP) is -0.544. The van der Waals surface area contributed by atoms with E-state index in [1.165, 1.54) is 12.1 Å². The molecule has 1 fully saturated rings. The second kappa shape index (κ2) is 9.08. The van der Waals surface area contributed by atoms with Crippen LogP contribution in [0.4, 0.5) is 0 Å². The van der Waals surface area contributed by atoms with Crippen LogP contribution in [0.25, 0.3) is 0 Å². The van der Waals surface area contributed by atoms with Crippen LogP contribution in [-0.2, 0) is 4.79 Å². The van der Waals surface area contributed by atoms with Crippen molar-refractivity contribution < 1.29 is 25.0 Å². The van der Waals surface area contributed by atoms with Gasteiger partial charge in [-0.2, -0.15) is 0 Å². The number of rotatable bonds is 6. The van der Waals surface area contributed by atoms with E-state index in [2.05, 4.69) is 23.7 Å². The summed E-state index contributed by atoms with van der Waals surface area (Å²) >= 11 is 0. The number of nitrogens with two attached hydrogens (primary N) is 2. The molecule has 8 heteroatoms. The highest BCUT2D eigenvalue weighted by Gasteiger charge is 2.41. The van der Waals surface area contributed by atoms with Gasteiger partial charge in [-0.05, 0) is 61.8 Å². The Bertz CT molecular complexity index is 914. The van der Waals surface area contributed by atoms with E-state index in [9.17, 15) is 14.7 Å². The lowest BCUT2D eigenvalue weighted by Gasteiger charge is -2.30. The Morgan fingerprint density at radius 2 is 2.03 bits per heavy atom. The molecule has 0 heterocycles. The van der Waals surface area contributed by atoms with Crippen molar-refractivity contribution in [1.82, 2.24) is 5.48 Å². The first kappa shape index (κ1) is 22.4. The number of hydrogen-bond donors (Lipinski definition) is 6. The van der Waals surface area contributed by atoms with Crippen LogP contribution in [0.3, 0.4) is 0 Å². The Labute approximate surface area is 169 Å². The first-order valence-electron chi connectivity index (χ1n) is 9.07. The molecule has 0 radical (unpaired) electrons. The summed E-state index contributed by atoms with van der Waals surface area (Å²) in [4.78, 5) is 24.0. The quantitative estimate of drug-likeness (QED) is 0.214. The molecule has 1 aromatic rings. The third-order valence-corrected chi connectivity index (χ3v) is 4.85. The molecule has 0 aromatic heterocycles. The van der Waals surface area contributed by atoms with Gasteiger partial charge in [-0.25, -0.2) is 5.48 Å². The molecule has 2 rings (SSSR count). The average Bonchev–Trinajstić information content (AvgIpc) is 3.44. The molecule has 2 amide bonds. The van der Waals surface area contributed by atoms with Gasteiger partial charge in [0.2, 0.25) is 5.91 Å². The Kier molecular flexibility index (Phi) is 7.02. The van der Waals surface area contributed by atoms with E-state index >= 15 is 0 Å². The van der Waals surface area contributed by atoms with E-state index in [1.807, 2.05) is 0 Å². The largest absolute Gasteiger partial charge is 0.396 e. The van der Waals surface area contributed by atoms with Crippen molar-refractivity contribution in [2.45, 2.75) is 37.8 Å². The number of carbonyl (C=O) groups is 2. The topological polar surface area (TPSA) is 159 Å². The zero-order valence-corrected chi connectivity index (χ0v) is 16.3. The van der Waals surface area contributed by atoms with Crippen LogP contribution in [0.5, 0.6) is 0 Å². The molecule has 1 saturated carbocycles. The molecule has 154 valence electrons. The minimum Gasteiger partial charge on any atom is -0.396 e. The van der Waals surface area contributed by atoms with E-state index in [-0.39, 0.29) is 29.6 Å². The molecule has 1 aromatic carbocycles. The van der Waals surface area contributed by atoms with Gasteiger partial charge in [0.1, 0.15) is 6.10 Å². The van der Waals surface area contributed by atoms with Gasteiger partial charge in [-0.3, -0.25) is 14.8 Å². The van der Waals surface area contributed by atoms with Gasteiger partial charge in [0.15, 0.2) is 0 Å². The third kappa shape index (κ3) is 5.57. The van der Waals surface area contributed by atoms with Crippen molar-refractivity contribution in [1.29, 1.82) is 0 Å². The van der Waals surface area contributed by atoms with Crippen LogP contribution in [0.2, 0.25) is 0 Å². The Morgan fingerprint density at radius 1 is 1.34 bits per heavy atom. The van der Waals surface area contributed by atoms with E-state index < -0.39 is 29.4 Å². The summed E-state index contributed by atoms with van der Waals surface area (Å²) in [6.07, 6.45) is -0.106. The van der Waals surface area contributed by atoms with Crippen molar-refractivity contribution in [2.24, 2.45) is 23.3 Å². The fraction of sp³-hybridized carbons (Fsp3) is 0.429. The Balaban J connectivity index is 2.34. The van der Waals surface area contributed by atoms with Crippen LogP contribution in [0.1, 0.15) is 47.7 Å². The van der Waals surface area contributed by atoms with Crippen molar-refractivity contribution in [3.8, 4) is 23.7 Å². The lowest BCUT2D eigenvalue weighted by atomic mass is 9.79. The second-order valence-corrected chi connectivity index (χ2v) is 7.70. The fourth-order valence-corrected chi connectivity index (χ4v) is 3.24. The summed E-state index contributed by atoms with van der Waals surface area (Å²) in [5.74, 6) is 8.07. The van der Waals surface area contributed by atoms with Gasteiger partial charge in [-0.15, -0.1) is 0 Å². The number of primary amides is 1. The van der Waals surface area contributed by atoms with Crippen molar-refractivity contribution in [3.05, 3.63) is 34.9 Å². The summed E-state index contributed by atoms with van der Waals surface area (Å²) in [5.41, 5.74) is 12.8. The summed E-state index contributed by atoms with van der Waals surface area (Å²) in [6, 6.07) is 4.49. The highest BCUT2D eigenvalue weighted by atomic mass is 16.5. The molecule has 0 bridgehead atoms.